The number of carbonyl (C=O) groups is 3. The van der Waals surface area contributed by atoms with Gasteiger partial charge < -0.3 is 10.1 Å². The van der Waals surface area contributed by atoms with Crippen molar-refractivity contribution < 1.29 is 19.1 Å². The van der Waals surface area contributed by atoms with Gasteiger partial charge in [-0.25, -0.2) is 0 Å². The third-order valence-electron chi connectivity index (χ3n) is 4.00. The van der Waals surface area contributed by atoms with E-state index in [1.165, 1.54) is 0 Å². The van der Waals surface area contributed by atoms with E-state index in [0.29, 0.717) is 23.2 Å². The number of aryl methyl sites for hydroxylation is 1. The predicted octanol–water partition coefficient (Wildman–Crippen LogP) is 4.09. The van der Waals surface area contributed by atoms with Gasteiger partial charge in [-0.1, -0.05) is 48.5 Å². The predicted molar refractivity (Wildman–Crippen MR) is 109 cm³/mol. The summed E-state index contributed by atoms with van der Waals surface area (Å²) in [5.74, 6) is -1.11. The van der Waals surface area contributed by atoms with Gasteiger partial charge in [0.15, 0.2) is 12.4 Å². The molecule has 0 atom stereocenters. The number of amides is 1. The van der Waals surface area contributed by atoms with Gasteiger partial charge in [0.25, 0.3) is 5.91 Å². The number of hydrogen-bond donors (Lipinski definition) is 1. The molecule has 0 aliphatic heterocycles. The van der Waals surface area contributed by atoms with Gasteiger partial charge in [-0.3, -0.25) is 14.4 Å². The fraction of sp³-hybridized carbons (Fsp3) is 0.136. The van der Waals surface area contributed by atoms with Crippen LogP contribution in [0.4, 0.5) is 5.69 Å². The standard InChI is InChI=1S/C22H19NO4S/c24-20(15-27-21(25)13-12-17-9-6-14-28-17)23-19-11-5-4-10-18(19)22(26)16-7-2-1-3-8-16/h1-11,14H,12-13,15H2,(H,23,24). The monoisotopic (exact) mass is 393 g/mol. The Balaban J connectivity index is 1.55. The largest absolute Gasteiger partial charge is 0.456 e. The van der Waals surface area contributed by atoms with Gasteiger partial charge in [-0.2, -0.15) is 0 Å². The van der Waals surface area contributed by atoms with E-state index in [4.69, 9.17) is 4.74 Å². The topological polar surface area (TPSA) is 72.5 Å². The van der Waals surface area contributed by atoms with Gasteiger partial charge >= 0.3 is 5.97 Å². The van der Waals surface area contributed by atoms with E-state index in [-0.39, 0.29) is 12.2 Å². The number of anilines is 1. The minimum atomic E-state index is -0.488. The van der Waals surface area contributed by atoms with Crippen LogP contribution in [-0.2, 0) is 20.7 Å². The van der Waals surface area contributed by atoms with Crippen molar-refractivity contribution in [3.05, 3.63) is 88.1 Å². The van der Waals surface area contributed by atoms with Crippen LogP contribution in [0.2, 0.25) is 0 Å². The van der Waals surface area contributed by atoms with Gasteiger partial charge in [0.05, 0.1) is 12.1 Å². The maximum Gasteiger partial charge on any atom is 0.306 e. The zero-order chi connectivity index (χ0) is 19.8. The zero-order valence-corrected chi connectivity index (χ0v) is 15.9. The molecular weight excluding hydrogens is 374 g/mol. The molecular formula is C22H19NO4S. The highest BCUT2D eigenvalue weighted by atomic mass is 32.1. The van der Waals surface area contributed by atoms with Crippen LogP contribution in [0.5, 0.6) is 0 Å². The zero-order valence-electron chi connectivity index (χ0n) is 15.1. The van der Waals surface area contributed by atoms with Gasteiger partial charge in [0, 0.05) is 16.0 Å². The number of thiophene rings is 1. The summed E-state index contributed by atoms with van der Waals surface area (Å²) < 4.78 is 5.03. The molecule has 3 aromatic rings. The van der Waals surface area contributed by atoms with Crippen molar-refractivity contribution in [3.8, 4) is 0 Å². The molecule has 0 aliphatic rings. The van der Waals surface area contributed by atoms with Gasteiger partial charge in [-0.15, -0.1) is 11.3 Å². The van der Waals surface area contributed by atoms with Crippen LogP contribution in [0.25, 0.3) is 0 Å². The molecule has 6 heteroatoms. The van der Waals surface area contributed by atoms with E-state index < -0.39 is 18.5 Å². The number of nitrogens with one attached hydrogen (secondary N) is 1. The molecule has 0 spiro atoms. The first kappa shape index (κ1) is 19.5. The van der Waals surface area contributed by atoms with E-state index in [9.17, 15) is 14.4 Å². The van der Waals surface area contributed by atoms with E-state index >= 15 is 0 Å². The Morgan fingerprint density at radius 3 is 2.39 bits per heavy atom. The molecule has 0 fully saturated rings. The molecule has 1 amide bonds. The lowest BCUT2D eigenvalue weighted by atomic mass is 10.0. The molecule has 1 heterocycles. The molecule has 2 aromatic carbocycles. The Labute approximate surface area is 167 Å². The first-order valence-corrected chi connectivity index (χ1v) is 9.68. The second kappa shape index (κ2) is 9.62. The minimum absolute atomic E-state index is 0.190. The van der Waals surface area contributed by atoms with Crippen molar-refractivity contribution in [2.45, 2.75) is 12.8 Å². The third-order valence-corrected chi connectivity index (χ3v) is 4.94. The van der Waals surface area contributed by atoms with E-state index in [1.54, 1.807) is 59.9 Å². The molecule has 0 aliphatic carbocycles. The first-order chi connectivity index (χ1) is 13.6. The second-order valence-corrected chi connectivity index (χ2v) is 7.06. The lowest BCUT2D eigenvalue weighted by Crippen LogP contribution is -2.22. The number of ether oxygens (including phenoxy) is 1. The van der Waals surface area contributed by atoms with Crippen molar-refractivity contribution in [1.29, 1.82) is 0 Å². The van der Waals surface area contributed by atoms with Crippen LogP contribution in [-0.4, -0.2) is 24.3 Å². The molecule has 0 radical (unpaired) electrons. The van der Waals surface area contributed by atoms with E-state index in [1.807, 2.05) is 23.6 Å². The molecule has 142 valence electrons. The van der Waals surface area contributed by atoms with Crippen molar-refractivity contribution in [2.75, 3.05) is 11.9 Å². The summed E-state index contributed by atoms with van der Waals surface area (Å²) in [6.07, 6.45) is 0.809. The second-order valence-electron chi connectivity index (χ2n) is 6.03. The molecule has 1 N–H and O–H groups in total. The number of hydrogen-bond acceptors (Lipinski definition) is 5. The molecule has 0 saturated heterocycles. The van der Waals surface area contributed by atoms with E-state index in [0.717, 1.165) is 4.88 Å². The van der Waals surface area contributed by atoms with Crippen molar-refractivity contribution in [2.24, 2.45) is 0 Å². The summed E-state index contributed by atoms with van der Waals surface area (Å²) in [4.78, 5) is 37.7. The number of carbonyl (C=O) groups excluding carboxylic acids is 3. The van der Waals surface area contributed by atoms with Crippen LogP contribution in [0.1, 0.15) is 27.2 Å². The smallest absolute Gasteiger partial charge is 0.306 e. The lowest BCUT2D eigenvalue weighted by Gasteiger charge is -2.11. The maximum absolute atomic E-state index is 12.7. The Morgan fingerprint density at radius 2 is 1.64 bits per heavy atom. The first-order valence-electron chi connectivity index (χ1n) is 8.80. The SMILES string of the molecule is O=C(COC(=O)CCc1cccs1)Nc1ccccc1C(=O)c1ccccc1. The highest BCUT2D eigenvalue weighted by Gasteiger charge is 2.15. The average Bonchev–Trinajstić information content (AvgIpc) is 3.25. The molecule has 3 rings (SSSR count). The van der Waals surface area contributed by atoms with Crippen LogP contribution in [0.15, 0.2) is 72.1 Å². The lowest BCUT2D eigenvalue weighted by molar-refractivity contribution is -0.147. The average molecular weight is 393 g/mol. The van der Waals surface area contributed by atoms with Crippen LogP contribution in [0.3, 0.4) is 0 Å². The van der Waals surface area contributed by atoms with Crippen LogP contribution >= 0.6 is 11.3 Å². The normalized spacial score (nSPS) is 10.3. The highest BCUT2D eigenvalue weighted by molar-refractivity contribution is 7.09. The van der Waals surface area contributed by atoms with Gasteiger partial charge in [0.2, 0.25) is 0 Å². The molecule has 0 saturated carbocycles. The minimum Gasteiger partial charge on any atom is -0.456 e. The number of esters is 1. The van der Waals surface area contributed by atoms with Crippen molar-refractivity contribution in [3.63, 3.8) is 0 Å². The van der Waals surface area contributed by atoms with Gasteiger partial charge in [-0.05, 0) is 30.0 Å². The third kappa shape index (κ3) is 5.37. The number of para-hydroxylation sites is 1. The maximum atomic E-state index is 12.7. The quantitative estimate of drug-likeness (QED) is 0.462. The molecule has 5 nitrogen and oxygen atoms in total. The van der Waals surface area contributed by atoms with Crippen LogP contribution < -0.4 is 5.32 Å². The number of rotatable bonds is 8. The van der Waals surface area contributed by atoms with Crippen molar-refractivity contribution in [1.82, 2.24) is 0 Å². The summed E-state index contributed by atoms with van der Waals surface area (Å²) in [6.45, 7) is -0.392. The fourth-order valence-electron chi connectivity index (χ4n) is 2.62. The summed E-state index contributed by atoms with van der Waals surface area (Å²) in [5.41, 5.74) is 1.30. The Bertz CT molecular complexity index is 952. The molecule has 1 aromatic heterocycles. The van der Waals surface area contributed by atoms with Gasteiger partial charge in [0.1, 0.15) is 0 Å². The van der Waals surface area contributed by atoms with Crippen LogP contribution in [0, 0.1) is 0 Å². The highest BCUT2D eigenvalue weighted by Crippen LogP contribution is 2.19. The number of ketones is 1. The summed E-state index contributed by atoms with van der Waals surface area (Å²) in [5, 5.41) is 4.60. The molecule has 0 bridgehead atoms. The fourth-order valence-corrected chi connectivity index (χ4v) is 3.33. The Kier molecular flexibility index (Phi) is 6.70. The Morgan fingerprint density at radius 1 is 0.893 bits per heavy atom. The summed E-state index contributed by atoms with van der Waals surface area (Å²) in [6, 6.07) is 19.5. The summed E-state index contributed by atoms with van der Waals surface area (Å²) in [7, 11) is 0. The van der Waals surface area contributed by atoms with E-state index in [2.05, 4.69) is 5.32 Å². The molecule has 0 unspecified atom stereocenters. The Hall–Kier alpha value is -3.25. The number of benzene rings is 2. The molecule has 28 heavy (non-hydrogen) atoms. The van der Waals surface area contributed by atoms with Crippen molar-refractivity contribution >= 4 is 34.7 Å². The summed E-state index contributed by atoms with van der Waals surface area (Å²) >= 11 is 1.57.